The van der Waals surface area contributed by atoms with E-state index in [-0.39, 0.29) is 6.54 Å². The minimum absolute atomic E-state index is 0.0485. The van der Waals surface area contributed by atoms with Gasteiger partial charge in [-0.25, -0.2) is 4.79 Å². The summed E-state index contributed by atoms with van der Waals surface area (Å²) >= 11 is 0. The monoisotopic (exact) mass is 279 g/mol. The number of hydrogen-bond acceptors (Lipinski definition) is 4. The summed E-state index contributed by atoms with van der Waals surface area (Å²) in [5.74, 6) is -0.466. The van der Waals surface area contributed by atoms with Crippen LogP contribution in [0.25, 0.3) is 0 Å². The zero-order valence-corrected chi connectivity index (χ0v) is 10.9. The van der Waals surface area contributed by atoms with Crippen molar-refractivity contribution in [2.75, 3.05) is 12.3 Å². The summed E-state index contributed by atoms with van der Waals surface area (Å²) in [6.07, 6.45) is 0.861. The predicted molar refractivity (Wildman–Crippen MR) is 72.4 cm³/mol. The van der Waals surface area contributed by atoms with Crippen molar-refractivity contribution in [3.63, 3.8) is 0 Å². The number of H-pyrrole nitrogens is 1. The van der Waals surface area contributed by atoms with Crippen molar-refractivity contribution in [2.24, 2.45) is 0 Å². The van der Waals surface area contributed by atoms with E-state index in [0.717, 1.165) is 10.8 Å². The molecule has 0 fully saturated rings. The number of rotatable bonds is 4. The van der Waals surface area contributed by atoms with Gasteiger partial charge in [0.25, 0.3) is 5.56 Å². The van der Waals surface area contributed by atoms with E-state index in [1.54, 1.807) is 18.2 Å². The van der Waals surface area contributed by atoms with Gasteiger partial charge in [0.05, 0.1) is 19.3 Å². The van der Waals surface area contributed by atoms with Gasteiger partial charge in [-0.1, -0.05) is 0 Å². The van der Waals surface area contributed by atoms with Gasteiger partial charge in [-0.15, -0.1) is 0 Å². The number of aromatic nitrogens is 2. The van der Waals surface area contributed by atoms with Crippen molar-refractivity contribution >= 4 is 5.69 Å². The smallest absolute Gasteiger partial charge is 0.328 e. The summed E-state index contributed by atoms with van der Waals surface area (Å²) in [6, 6.07) is 4.99. The van der Waals surface area contributed by atoms with Crippen molar-refractivity contribution in [2.45, 2.75) is 13.5 Å². The molecule has 0 unspecified atom stereocenters. The summed E-state index contributed by atoms with van der Waals surface area (Å²) in [6.45, 7) is 2.32. The average molecular weight is 279 g/mol. The fourth-order valence-corrected chi connectivity index (χ4v) is 1.80. The van der Waals surface area contributed by atoms with Crippen LogP contribution in [-0.4, -0.2) is 16.2 Å². The number of benzene rings is 1. The van der Waals surface area contributed by atoms with Crippen molar-refractivity contribution in [3.8, 4) is 5.75 Å². The van der Waals surface area contributed by atoms with Crippen molar-refractivity contribution in [3.05, 3.63) is 56.6 Å². The molecule has 0 bridgehead atoms. The molecular formula is C13H14FN3O3. The van der Waals surface area contributed by atoms with Gasteiger partial charge < -0.3 is 10.5 Å². The molecule has 106 valence electrons. The third kappa shape index (κ3) is 2.87. The Kier molecular flexibility index (Phi) is 3.88. The number of nitrogen functional groups attached to an aromatic ring is 1. The molecule has 0 amide bonds. The Bertz CT molecular complexity index is 736. The standard InChI is InChI=1S/C13H14FN3O3/c1-2-20-11-4-3-9(15)5-8(11)6-17-7-10(14)12(18)16-13(17)19/h3-5,7H,2,6,15H2,1H3,(H,16,18,19). The average Bonchev–Trinajstić information content (AvgIpc) is 2.39. The third-order valence-corrected chi connectivity index (χ3v) is 2.69. The Balaban J connectivity index is 2.44. The Labute approximate surface area is 113 Å². The number of hydrogen-bond donors (Lipinski definition) is 2. The summed E-state index contributed by atoms with van der Waals surface area (Å²) in [5.41, 5.74) is 5.09. The lowest BCUT2D eigenvalue weighted by atomic mass is 10.1. The summed E-state index contributed by atoms with van der Waals surface area (Å²) in [4.78, 5) is 24.5. The van der Waals surface area contributed by atoms with E-state index in [0.29, 0.717) is 23.6 Å². The molecule has 0 atom stereocenters. The Morgan fingerprint density at radius 2 is 2.15 bits per heavy atom. The topological polar surface area (TPSA) is 90.1 Å². The maximum atomic E-state index is 13.2. The van der Waals surface area contributed by atoms with Crippen LogP contribution in [0.4, 0.5) is 10.1 Å². The summed E-state index contributed by atoms with van der Waals surface area (Å²) < 4.78 is 19.7. The van der Waals surface area contributed by atoms with E-state index < -0.39 is 17.1 Å². The molecule has 6 nitrogen and oxygen atoms in total. The number of nitrogens with one attached hydrogen (secondary N) is 1. The molecular weight excluding hydrogens is 265 g/mol. The molecule has 0 aliphatic heterocycles. The maximum Gasteiger partial charge on any atom is 0.328 e. The van der Waals surface area contributed by atoms with E-state index in [4.69, 9.17) is 10.5 Å². The van der Waals surface area contributed by atoms with Gasteiger partial charge in [-0.2, -0.15) is 4.39 Å². The van der Waals surface area contributed by atoms with Crippen LogP contribution in [-0.2, 0) is 6.54 Å². The number of anilines is 1. The SMILES string of the molecule is CCOc1ccc(N)cc1Cn1cc(F)c(=O)[nH]c1=O. The lowest BCUT2D eigenvalue weighted by molar-refractivity contribution is 0.335. The van der Waals surface area contributed by atoms with Gasteiger partial charge in [0, 0.05) is 11.3 Å². The van der Waals surface area contributed by atoms with Crippen LogP contribution < -0.4 is 21.7 Å². The normalized spacial score (nSPS) is 10.5. The highest BCUT2D eigenvalue weighted by molar-refractivity contribution is 5.48. The number of nitrogens with zero attached hydrogens (tertiary/aromatic N) is 1. The van der Waals surface area contributed by atoms with E-state index in [1.165, 1.54) is 0 Å². The molecule has 2 aromatic rings. The molecule has 0 spiro atoms. The molecule has 3 N–H and O–H groups in total. The van der Waals surface area contributed by atoms with E-state index in [1.807, 2.05) is 11.9 Å². The van der Waals surface area contributed by atoms with Crippen LogP contribution in [0.2, 0.25) is 0 Å². The molecule has 0 aliphatic rings. The van der Waals surface area contributed by atoms with Crippen molar-refractivity contribution in [1.29, 1.82) is 0 Å². The Morgan fingerprint density at radius 3 is 2.85 bits per heavy atom. The number of ether oxygens (including phenoxy) is 1. The molecule has 0 saturated carbocycles. The second kappa shape index (κ2) is 5.60. The van der Waals surface area contributed by atoms with Gasteiger partial charge in [0.2, 0.25) is 5.82 Å². The molecule has 1 aromatic carbocycles. The first-order chi connectivity index (χ1) is 9.51. The largest absolute Gasteiger partial charge is 0.494 e. The summed E-state index contributed by atoms with van der Waals surface area (Å²) in [7, 11) is 0. The third-order valence-electron chi connectivity index (χ3n) is 2.69. The van der Waals surface area contributed by atoms with Gasteiger partial charge in [-0.05, 0) is 25.1 Å². The highest BCUT2D eigenvalue weighted by Gasteiger charge is 2.09. The molecule has 0 radical (unpaired) electrons. The molecule has 1 aromatic heterocycles. The fraction of sp³-hybridized carbons (Fsp3) is 0.231. The second-order valence-electron chi connectivity index (χ2n) is 4.16. The quantitative estimate of drug-likeness (QED) is 0.806. The highest BCUT2D eigenvalue weighted by Crippen LogP contribution is 2.22. The van der Waals surface area contributed by atoms with E-state index in [9.17, 15) is 14.0 Å². The molecule has 2 rings (SSSR count). The number of halogens is 1. The minimum Gasteiger partial charge on any atom is -0.494 e. The lowest BCUT2D eigenvalue weighted by Gasteiger charge is -2.12. The summed E-state index contributed by atoms with van der Waals surface area (Å²) in [5, 5.41) is 0. The number of aromatic amines is 1. The van der Waals surface area contributed by atoms with E-state index >= 15 is 0 Å². The van der Waals surface area contributed by atoms with Crippen LogP contribution in [0.3, 0.4) is 0 Å². The lowest BCUT2D eigenvalue weighted by Crippen LogP contribution is -2.31. The first-order valence-electron chi connectivity index (χ1n) is 6.01. The highest BCUT2D eigenvalue weighted by atomic mass is 19.1. The van der Waals surface area contributed by atoms with Gasteiger partial charge in [-0.3, -0.25) is 14.3 Å². The van der Waals surface area contributed by atoms with Crippen molar-refractivity contribution < 1.29 is 9.13 Å². The predicted octanol–water partition coefficient (Wildman–Crippen LogP) is 0.705. The zero-order valence-electron chi connectivity index (χ0n) is 10.9. The minimum atomic E-state index is -1.04. The second-order valence-corrected chi connectivity index (χ2v) is 4.16. The van der Waals surface area contributed by atoms with Crippen LogP contribution >= 0.6 is 0 Å². The van der Waals surface area contributed by atoms with Gasteiger partial charge in [0.1, 0.15) is 5.75 Å². The van der Waals surface area contributed by atoms with Gasteiger partial charge >= 0.3 is 5.69 Å². The first kappa shape index (κ1) is 13.9. The van der Waals surface area contributed by atoms with E-state index in [2.05, 4.69) is 0 Å². The van der Waals surface area contributed by atoms with Crippen LogP contribution in [0.15, 0.2) is 34.0 Å². The Morgan fingerprint density at radius 1 is 1.40 bits per heavy atom. The molecule has 1 heterocycles. The van der Waals surface area contributed by atoms with Crippen molar-refractivity contribution in [1.82, 2.24) is 9.55 Å². The van der Waals surface area contributed by atoms with Gasteiger partial charge in [0.15, 0.2) is 0 Å². The maximum absolute atomic E-state index is 13.2. The first-order valence-corrected chi connectivity index (χ1v) is 6.01. The van der Waals surface area contributed by atoms with Crippen LogP contribution in [0.1, 0.15) is 12.5 Å². The van der Waals surface area contributed by atoms with Crippen LogP contribution in [0.5, 0.6) is 5.75 Å². The fourth-order valence-electron chi connectivity index (χ4n) is 1.80. The number of nitrogens with two attached hydrogens (primary N) is 1. The van der Waals surface area contributed by atoms with Crippen LogP contribution in [0, 0.1) is 5.82 Å². The molecule has 0 saturated heterocycles. The Hall–Kier alpha value is -2.57. The zero-order chi connectivity index (χ0) is 14.7. The molecule has 0 aliphatic carbocycles. The molecule has 7 heteroatoms. The molecule has 20 heavy (non-hydrogen) atoms.